The van der Waals surface area contributed by atoms with Gasteiger partial charge in [-0.2, -0.15) is 5.10 Å². The van der Waals surface area contributed by atoms with E-state index in [1.54, 1.807) is 10.7 Å². The van der Waals surface area contributed by atoms with Crippen molar-refractivity contribution < 1.29 is 4.39 Å². The normalized spacial score (nSPS) is 12.7. The van der Waals surface area contributed by atoms with Crippen LogP contribution in [0.15, 0.2) is 30.5 Å². The minimum absolute atomic E-state index is 0.0595. The molecule has 0 amide bonds. The SMILES string of the molecule is CNC(C)c1c(F)cccc1-n1ccc(C)n1. The van der Waals surface area contributed by atoms with Crippen molar-refractivity contribution in [1.29, 1.82) is 0 Å². The lowest BCUT2D eigenvalue weighted by Gasteiger charge is -2.16. The molecule has 0 saturated carbocycles. The van der Waals surface area contributed by atoms with Gasteiger partial charge >= 0.3 is 0 Å². The fourth-order valence-corrected chi connectivity index (χ4v) is 1.85. The fraction of sp³-hybridized carbons (Fsp3) is 0.308. The lowest BCUT2D eigenvalue weighted by atomic mass is 10.1. The van der Waals surface area contributed by atoms with Crippen LogP contribution in [0.5, 0.6) is 0 Å². The first-order valence-electron chi connectivity index (χ1n) is 5.62. The third kappa shape index (κ3) is 2.22. The Bertz CT molecular complexity index is 519. The van der Waals surface area contributed by atoms with Gasteiger partial charge in [0.1, 0.15) is 5.82 Å². The minimum Gasteiger partial charge on any atom is -0.313 e. The lowest BCUT2D eigenvalue weighted by molar-refractivity contribution is 0.556. The number of halogens is 1. The van der Waals surface area contributed by atoms with Crippen LogP contribution < -0.4 is 5.32 Å². The van der Waals surface area contributed by atoms with Crippen molar-refractivity contribution in [2.24, 2.45) is 0 Å². The molecule has 1 unspecified atom stereocenters. The molecule has 1 aromatic heterocycles. The molecule has 1 N–H and O–H groups in total. The first kappa shape index (κ1) is 11.8. The van der Waals surface area contributed by atoms with Gasteiger partial charge in [0, 0.05) is 17.8 Å². The van der Waals surface area contributed by atoms with Gasteiger partial charge in [0.15, 0.2) is 0 Å². The lowest BCUT2D eigenvalue weighted by Crippen LogP contribution is -2.17. The zero-order chi connectivity index (χ0) is 12.4. The molecule has 1 atom stereocenters. The summed E-state index contributed by atoms with van der Waals surface area (Å²) >= 11 is 0. The van der Waals surface area contributed by atoms with Crippen LogP contribution in [0, 0.1) is 12.7 Å². The van der Waals surface area contributed by atoms with Crippen molar-refractivity contribution in [2.75, 3.05) is 7.05 Å². The molecule has 2 aromatic rings. The van der Waals surface area contributed by atoms with Crippen LogP contribution in [0.4, 0.5) is 4.39 Å². The van der Waals surface area contributed by atoms with Gasteiger partial charge in [0.25, 0.3) is 0 Å². The van der Waals surface area contributed by atoms with Crippen LogP contribution in [-0.2, 0) is 0 Å². The molecule has 0 bridgehead atoms. The van der Waals surface area contributed by atoms with E-state index in [-0.39, 0.29) is 11.9 Å². The van der Waals surface area contributed by atoms with Crippen LogP contribution in [0.1, 0.15) is 24.2 Å². The van der Waals surface area contributed by atoms with Crippen LogP contribution in [0.2, 0.25) is 0 Å². The van der Waals surface area contributed by atoms with Gasteiger partial charge in [-0.1, -0.05) is 6.07 Å². The third-order valence-electron chi connectivity index (χ3n) is 2.87. The zero-order valence-corrected chi connectivity index (χ0v) is 10.2. The third-order valence-corrected chi connectivity index (χ3v) is 2.87. The molecule has 4 heteroatoms. The summed E-state index contributed by atoms with van der Waals surface area (Å²) in [5.41, 5.74) is 2.33. The van der Waals surface area contributed by atoms with E-state index in [0.717, 1.165) is 11.4 Å². The van der Waals surface area contributed by atoms with E-state index in [2.05, 4.69) is 10.4 Å². The summed E-state index contributed by atoms with van der Waals surface area (Å²) in [7, 11) is 1.81. The number of nitrogens with one attached hydrogen (secondary N) is 1. The van der Waals surface area contributed by atoms with Gasteiger partial charge in [0.2, 0.25) is 0 Å². The van der Waals surface area contributed by atoms with Gasteiger partial charge in [-0.25, -0.2) is 9.07 Å². The van der Waals surface area contributed by atoms with Gasteiger partial charge in [0.05, 0.1) is 11.4 Å². The minimum atomic E-state index is -0.211. The standard InChI is InChI=1S/C13H16FN3/c1-9-7-8-17(16-9)12-6-4-5-11(14)13(12)10(2)15-3/h4-8,10,15H,1-3H3. The van der Waals surface area contributed by atoms with Crippen molar-refractivity contribution in [3.63, 3.8) is 0 Å². The number of aryl methyl sites for hydroxylation is 1. The molecule has 0 saturated heterocycles. The maximum absolute atomic E-state index is 13.9. The second-order valence-corrected chi connectivity index (χ2v) is 4.08. The van der Waals surface area contributed by atoms with Gasteiger partial charge < -0.3 is 5.32 Å². The summed E-state index contributed by atoms with van der Waals surface area (Å²) in [6.07, 6.45) is 1.84. The molecule has 1 heterocycles. The van der Waals surface area contributed by atoms with Crippen molar-refractivity contribution in [3.05, 3.63) is 47.5 Å². The molecular formula is C13H16FN3. The first-order chi connectivity index (χ1) is 8.13. The van der Waals surface area contributed by atoms with Crippen molar-refractivity contribution >= 4 is 0 Å². The second-order valence-electron chi connectivity index (χ2n) is 4.08. The van der Waals surface area contributed by atoms with E-state index >= 15 is 0 Å². The van der Waals surface area contributed by atoms with Crippen molar-refractivity contribution in [1.82, 2.24) is 15.1 Å². The Morgan fingerprint density at radius 1 is 1.35 bits per heavy atom. The Labute approximate surface area is 100 Å². The Morgan fingerprint density at radius 3 is 2.71 bits per heavy atom. The number of rotatable bonds is 3. The molecule has 0 spiro atoms. The predicted octanol–water partition coefficient (Wildman–Crippen LogP) is 2.60. The summed E-state index contributed by atoms with van der Waals surface area (Å²) in [6.45, 7) is 3.84. The highest BCUT2D eigenvalue weighted by Gasteiger charge is 2.15. The topological polar surface area (TPSA) is 29.9 Å². The van der Waals surface area contributed by atoms with Crippen LogP contribution in [0.3, 0.4) is 0 Å². The molecule has 0 fully saturated rings. The Hall–Kier alpha value is -1.68. The van der Waals surface area contributed by atoms with E-state index in [9.17, 15) is 4.39 Å². The number of aromatic nitrogens is 2. The highest BCUT2D eigenvalue weighted by Crippen LogP contribution is 2.24. The smallest absolute Gasteiger partial charge is 0.130 e. The Kier molecular flexibility index (Phi) is 3.24. The van der Waals surface area contributed by atoms with Crippen molar-refractivity contribution in [3.8, 4) is 5.69 Å². The highest BCUT2D eigenvalue weighted by atomic mass is 19.1. The van der Waals surface area contributed by atoms with E-state index < -0.39 is 0 Å². The average molecular weight is 233 g/mol. The molecule has 0 aliphatic heterocycles. The highest BCUT2D eigenvalue weighted by molar-refractivity contribution is 5.43. The maximum atomic E-state index is 13.9. The van der Waals surface area contributed by atoms with Gasteiger partial charge in [-0.05, 0) is 39.1 Å². The summed E-state index contributed by atoms with van der Waals surface area (Å²) in [6, 6.07) is 6.89. The molecule has 1 aromatic carbocycles. The summed E-state index contributed by atoms with van der Waals surface area (Å²) in [4.78, 5) is 0. The average Bonchev–Trinajstić information content (AvgIpc) is 2.74. The Balaban J connectivity index is 2.57. The molecule has 0 radical (unpaired) electrons. The molecule has 90 valence electrons. The Morgan fingerprint density at radius 2 is 2.12 bits per heavy atom. The molecule has 0 aliphatic rings. The molecule has 17 heavy (non-hydrogen) atoms. The molecule has 3 nitrogen and oxygen atoms in total. The number of nitrogens with zero attached hydrogens (tertiary/aromatic N) is 2. The van der Waals surface area contributed by atoms with Gasteiger partial charge in [-0.3, -0.25) is 0 Å². The monoisotopic (exact) mass is 233 g/mol. The van der Waals surface area contributed by atoms with E-state index in [1.807, 2.05) is 39.2 Å². The van der Waals surface area contributed by atoms with Crippen LogP contribution in [-0.4, -0.2) is 16.8 Å². The number of hydrogen-bond acceptors (Lipinski definition) is 2. The van der Waals surface area contributed by atoms with Crippen LogP contribution >= 0.6 is 0 Å². The molecule has 2 rings (SSSR count). The summed E-state index contributed by atoms with van der Waals surface area (Å²) < 4.78 is 15.6. The zero-order valence-electron chi connectivity index (χ0n) is 10.2. The maximum Gasteiger partial charge on any atom is 0.130 e. The summed E-state index contributed by atoms with van der Waals surface area (Å²) in [5, 5.41) is 7.38. The number of hydrogen-bond donors (Lipinski definition) is 1. The summed E-state index contributed by atoms with van der Waals surface area (Å²) in [5.74, 6) is -0.211. The van der Waals surface area contributed by atoms with E-state index in [1.165, 1.54) is 6.07 Å². The van der Waals surface area contributed by atoms with Crippen molar-refractivity contribution in [2.45, 2.75) is 19.9 Å². The second kappa shape index (κ2) is 4.67. The van der Waals surface area contributed by atoms with Crippen LogP contribution in [0.25, 0.3) is 5.69 Å². The quantitative estimate of drug-likeness (QED) is 0.883. The molecule has 0 aliphatic carbocycles. The largest absolute Gasteiger partial charge is 0.313 e. The fourth-order valence-electron chi connectivity index (χ4n) is 1.85. The predicted molar refractivity (Wildman–Crippen MR) is 65.7 cm³/mol. The van der Waals surface area contributed by atoms with Gasteiger partial charge in [-0.15, -0.1) is 0 Å². The van der Waals surface area contributed by atoms with E-state index in [0.29, 0.717) is 5.56 Å². The van der Waals surface area contributed by atoms with E-state index in [4.69, 9.17) is 0 Å². The first-order valence-corrected chi connectivity index (χ1v) is 5.62. The number of benzene rings is 1. The molecular weight excluding hydrogens is 217 g/mol.